The third-order valence-corrected chi connectivity index (χ3v) is 6.97. The Bertz CT molecular complexity index is 913. The van der Waals surface area contributed by atoms with Crippen LogP contribution < -0.4 is 10.6 Å². The van der Waals surface area contributed by atoms with Crippen LogP contribution in [0.4, 0.5) is 10.1 Å². The first-order valence-corrected chi connectivity index (χ1v) is 10.1. The predicted octanol–water partition coefficient (Wildman–Crippen LogP) is 3.31. The molecule has 3 atom stereocenters. The van der Waals surface area contributed by atoms with E-state index in [1.54, 1.807) is 12.1 Å². The van der Waals surface area contributed by atoms with Gasteiger partial charge in [-0.25, -0.2) is 12.8 Å². The number of hydrogen-bond acceptors (Lipinski definition) is 4. The van der Waals surface area contributed by atoms with Gasteiger partial charge in [0.25, 0.3) is 0 Å². The van der Waals surface area contributed by atoms with Crippen molar-refractivity contribution in [2.45, 2.75) is 47.6 Å². The first-order valence-electron chi connectivity index (χ1n) is 8.59. The van der Waals surface area contributed by atoms with Crippen LogP contribution in [-0.2, 0) is 9.84 Å². The zero-order chi connectivity index (χ0) is 17.6. The first-order chi connectivity index (χ1) is 11.9. The minimum Gasteiger partial charge on any atom is -0.381 e. The molecule has 132 valence electrons. The summed E-state index contributed by atoms with van der Waals surface area (Å²) in [7, 11) is -3.73. The average Bonchev–Trinajstić information content (AvgIpc) is 2.80. The second-order valence-electron chi connectivity index (χ2n) is 6.95. The molecule has 0 saturated carbocycles. The minimum absolute atomic E-state index is 0.00847. The molecule has 0 radical (unpaired) electrons. The van der Waals surface area contributed by atoms with Crippen LogP contribution in [0.25, 0.3) is 0 Å². The molecule has 0 aliphatic carbocycles. The summed E-state index contributed by atoms with van der Waals surface area (Å²) < 4.78 is 39.2. The third kappa shape index (κ3) is 2.93. The molecule has 2 aliphatic rings. The summed E-state index contributed by atoms with van der Waals surface area (Å²) in [6.45, 7) is 3.12. The molecule has 4 nitrogen and oxygen atoms in total. The predicted molar refractivity (Wildman–Crippen MR) is 95.1 cm³/mol. The lowest BCUT2D eigenvalue weighted by molar-refractivity contribution is 0.511. The van der Waals surface area contributed by atoms with Gasteiger partial charge in [-0.15, -0.1) is 0 Å². The average molecular weight is 360 g/mol. The van der Waals surface area contributed by atoms with Gasteiger partial charge in [0, 0.05) is 23.7 Å². The van der Waals surface area contributed by atoms with E-state index in [2.05, 4.69) is 17.6 Å². The van der Waals surface area contributed by atoms with Gasteiger partial charge in [-0.3, -0.25) is 0 Å². The molecular weight excluding hydrogens is 339 g/mol. The summed E-state index contributed by atoms with van der Waals surface area (Å²) in [6, 6.07) is 11.1. The fourth-order valence-electron chi connectivity index (χ4n) is 3.95. The summed E-state index contributed by atoms with van der Waals surface area (Å²) in [5, 5.41) is 7.01. The van der Waals surface area contributed by atoms with Gasteiger partial charge in [-0.05, 0) is 68.3 Å². The highest BCUT2D eigenvalue weighted by atomic mass is 32.2. The maximum Gasteiger partial charge on any atom is 0.206 e. The topological polar surface area (TPSA) is 58.2 Å². The fourth-order valence-corrected chi connectivity index (χ4v) is 5.27. The van der Waals surface area contributed by atoms with E-state index >= 15 is 0 Å². The van der Waals surface area contributed by atoms with Crippen molar-refractivity contribution in [3.8, 4) is 0 Å². The number of anilines is 1. The van der Waals surface area contributed by atoms with Crippen molar-refractivity contribution in [2.75, 3.05) is 11.9 Å². The molecule has 2 heterocycles. The Labute approximate surface area is 147 Å². The molecular formula is C19H21FN2O2S. The molecule has 1 saturated heterocycles. The second kappa shape index (κ2) is 6.11. The Balaban J connectivity index is 1.75. The zero-order valence-electron chi connectivity index (χ0n) is 14.0. The first kappa shape index (κ1) is 16.5. The van der Waals surface area contributed by atoms with Gasteiger partial charge >= 0.3 is 0 Å². The van der Waals surface area contributed by atoms with Gasteiger partial charge in [0.1, 0.15) is 5.82 Å². The van der Waals surface area contributed by atoms with E-state index in [-0.39, 0.29) is 9.79 Å². The van der Waals surface area contributed by atoms with Crippen LogP contribution in [0, 0.1) is 5.82 Å². The number of rotatable bonds is 2. The molecule has 0 aromatic heterocycles. The highest BCUT2D eigenvalue weighted by Crippen LogP contribution is 2.42. The quantitative estimate of drug-likeness (QED) is 0.863. The summed E-state index contributed by atoms with van der Waals surface area (Å²) >= 11 is 0. The van der Waals surface area contributed by atoms with Crippen molar-refractivity contribution in [1.29, 1.82) is 0 Å². The lowest BCUT2D eigenvalue weighted by atomic mass is 9.89. The lowest BCUT2D eigenvalue weighted by Gasteiger charge is -2.18. The molecule has 0 spiro atoms. The smallest absolute Gasteiger partial charge is 0.206 e. The Morgan fingerprint density at radius 3 is 2.72 bits per heavy atom. The molecule has 25 heavy (non-hydrogen) atoms. The van der Waals surface area contributed by atoms with Crippen LogP contribution in [0.2, 0.25) is 0 Å². The second-order valence-corrected chi connectivity index (χ2v) is 8.90. The maximum absolute atomic E-state index is 13.5. The number of fused-ring (bicyclic) bond motifs is 3. The Morgan fingerprint density at radius 2 is 1.92 bits per heavy atom. The van der Waals surface area contributed by atoms with Gasteiger partial charge in [0.05, 0.1) is 9.79 Å². The van der Waals surface area contributed by atoms with Crippen LogP contribution in [-0.4, -0.2) is 27.0 Å². The van der Waals surface area contributed by atoms with Crippen LogP contribution in [0.15, 0.2) is 52.3 Å². The number of benzene rings is 2. The SMILES string of the molecule is CC1C[C@H]2c3cc(S(=O)(=O)c4cccc(F)c4)ccc3N[C@@H]2CCN1. The van der Waals surface area contributed by atoms with Gasteiger partial charge in [-0.1, -0.05) is 6.07 Å². The molecule has 0 bridgehead atoms. The normalized spacial score (nSPS) is 25.6. The standard InChI is InChI=1S/C19H21FN2O2S/c1-12-9-16-17-11-15(5-6-18(17)22-19(16)7-8-21-12)25(23,24)14-4-2-3-13(20)10-14/h2-6,10-12,16,19,21-22H,7-9H2,1H3/t12?,16-,19+/m0/s1. The van der Waals surface area contributed by atoms with Crippen molar-refractivity contribution in [1.82, 2.24) is 5.32 Å². The molecule has 1 unspecified atom stereocenters. The largest absolute Gasteiger partial charge is 0.381 e. The maximum atomic E-state index is 13.5. The molecule has 2 N–H and O–H groups in total. The van der Waals surface area contributed by atoms with Crippen LogP contribution in [0.1, 0.15) is 31.2 Å². The molecule has 1 fully saturated rings. The monoisotopic (exact) mass is 360 g/mol. The van der Waals surface area contributed by atoms with Crippen molar-refractivity contribution in [3.63, 3.8) is 0 Å². The molecule has 0 amide bonds. The molecule has 6 heteroatoms. The molecule has 2 aromatic carbocycles. The molecule has 4 rings (SSSR count). The Kier molecular flexibility index (Phi) is 4.04. The zero-order valence-corrected chi connectivity index (χ0v) is 14.8. The van der Waals surface area contributed by atoms with E-state index in [1.165, 1.54) is 18.2 Å². The van der Waals surface area contributed by atoms with Crippen LogP contribution in [0.3, 0.4) is 0 Å². The highest BCUT2D eigenvalue weighted by molar-refractivity contribution is 7.91. The van der Waals surface area contributed by atoms with Crippen molar-refractivity contribution in [3.05, 3.63) is 53.8 Å². The van der Waals surface area contributed by atoms with Gasteiger partial charge < -0.3 is 10.6 Å². The van der Waals surface area contributed by atoms with E-state index in [9.17, 15) is 12.8 Å². The van der Waals surface area contributed by atoms with E-state index in [4.69, 9.17) is 0 Å². The van der Waals surface area contributed by atoms with Crippen LogP contribution in [0.5, 0.6) is 0 Å². The van der Waals surface area contributed by atoms with E-state index < -0.39 is 15.7 Å². The van der Waals surface area contributed by atoms with Gasteiger partial charge in [0.15, 0.2) is 0 Å². The number of halogens is 1. The summed E-state index contributed by atoms with van der Waals surface area (Å²) in [5.74, 6) is -0.254. The van der Waals surface area contributed by atoms with Crippen molar-refractivity contribution < 1.29 is 12.8 Å². The fraction of sp³-hybridized carbons (Fsp3) is 0.368. The van der Waals surface area contributed by atoms with Gasteiger partial charge in [-0.2, -0.15) is 0 Å². The Morgan fingerprint density at radius 1 is 1.12 bits per heavy atom. The van der Waals surface area contributed by atoms with Gasteiger partial charge in [0.2, 0.25) is 9.84 Å². The Hall–Kier alpha value is -1.92. The third-order valence-electron chi connectivity index (χ3n) is 5.22. The number of sulfone groups is 1. The number of nitrogens with one attached hydrogen (secondary N) is 2. The van der Waals surface area contributed by atoms with E-state index in [0.29, 0.717) is 18.0 Å². The minimum atomic E-state index is -3.73. The molecule has 2 aliphatic heterocycles. The van der Waals surface area contributed by atoms with E-state index in [0.717, 1.165) is 36.7 Å². The summed E-state index contributed by atoms with van der Waals surface area (Å²) in [5.41, 5.74) is 2.07. The highest BCUT2D eigenvalue weighted by Gasteiger charge is 2.35. The lowest BCUT2D eigenvalue weighted by Crippen LogP contribution is -2.25. The van der Waals surface area contributed by atoms with Crippen LogP contribution >= 0.6 is 0 Å². The summed E-state index contributed by atoms with van der Waals surface area (Å²) in [6.07, 6.45) is 1.98. The van der Waals surface area contributed by atoms with E-state index in [1.807, 2.05) is 6.07 Å². The van der Waals surface area contributed by atoms with Crippen molar-refractivity contribution >= 4 is 15.5 Å². The summed E-state index contributed by atoms with van der Waals surface area (Å²) in [4.78, 5) is 0.218. The number of hydrogen-bond donors (Lipinski definition) is 2. The molecule has 2 aromatic rings. The van der Waals surface area contributed by atoms with Crippen molar-refractivity contribution in [2.24, 2.45) is 0 Å².